The zero-order valence-corrected chi connectivity index (χ0v) is 14.4. The van der Waals surface area contributed by atoms with Gasteiger partial charge in [0.2, 0.25) is 0 Å². The summed E-state index contributed by atoms with van der Waals surface area (Å²) in [6.45, 7) is 2.70. The molecule has 5 nitrogen and oxygen atoms in total. The number of hydrogen-bond acceptors (Lipinski definition) is 5. The predicted molar refractivity (Wildman–Crippen MR) is 92.7 cm³/mol. The first-order valence-corrected chi connectivity index (χ1v) is 8.13. The second-order valence-electron chi connectivity index (χ2n) is 4.78. The van der Waals surface area contributed by atoms with Crippen LogP contribution < -0.4 is 0 Å². The van der Waals surface area contributed by atoms with E-state index < -0.39 is 0 Å². The van der Waals surface area contributed by atoms with Crippen molar-refractivity contribution in [2.75, 3.05) is 40.3 Å². The molecule has 1 amide bonds. The van der Waals surface area contributed by atoms with Gasteiger partial charge in [-0.3, -0.25) is 4.79 Å². The van der Waals surface area contributed by atoms with Gasteiger partial charge in [0.25, 0.3) is 5.91 Å². The van der Waals surface area contributed by atoms with Gasteiger partial charge < -0.3 is 19.1 Å². The van der Waals surface area contributed by atoms with Crippen LogP contribution in [0.4, 0.5) is 0 Å². The summed E-state index contributed by atoms with van der Waals surface area (Å²) in [5.74, 6) is 0.316. The number of hydrogen-bond donors (Lipinski definition) is 0. The van der Waals surface area contributed by atoms with Gasteiger partial charge >= 0.3 is 0 Å². The lowest BCUT2D eigenvalue weighted by molar-refractivity contribution is 0.0663. The number of carbonyl (C=O) groups excluding carboxylic acids is 1. The summed E-state index contributed by atoms with van der Waals surface area (Å²) in [5.41, 5.74) is 0. The van der Waals surface area contributed by atoms with Crippen molar-refractivity contribution in [3.8, 4) is 0 Å². The molecule has 21 heavy (non-hydrogen) atoms. The molecule has 2 heterocycles. The topological polar surface area (TPSA) is 39.9 Å². The van der Waals surface area contributed by atoms with Gasteiger partial charge in [-0.15, -0.1) is 0 Å². The van der Waals surface area contributed by atoms with E-state index in [0.717, 1.165) is 8.64 Å². The van der Waals surface area contributed by atoms with E-state index >= 15 is 0 Å². The molecule has 0 aliphatic carbocycles. The molecule has 1 aliphatic rings. The fraction of sp³-hybridized carbons (Fsp3) is 0.462. The molecule has 114 valence electrons. The van der Waals surface area contributed by atoms with Crippen molar-refractivity contribution >= 4 is 50.7 Å². The molecule has 1 fully saturated rings. The fourth-order valence-electron chi connectivity index (χ4n) is 1.88. The molecule has 0 saturated carbocycles. The molecule has 0 bridgehead atoms. The normalized spacial score (nSPS) is 15.0. The Kier molecular flexibility index (Phi) is 5.60. The van der Waals surface area contributed by atoms with Crippen molar-refractivity contribution in [1.82, 2.24) is 14.7 Å². The summed E-state index contributed by atoms with van der Waals surface area (Å²) >= 11 is 12.1. The Morgan fingerprint density at radius 2 is 1.86 bits per heavy atom. The quantitative estimate of drug-likeness (QED) is 0.721. The van der Waals surface area contributed by atoms with E-state index in [1.807, 2.05) is 19.0 Å². The third-order valence-electron chi connectivity index (χ3n) is 3.10. The van der Waals surface area contributed by atoms with Gasteiger partial charge in [-0.2, -0.15) is 0 Å². The van der Waals surface area contributed by atoms with Crippen LogP contribution in [0.3, 0.4) is 0 Å². The summed E-state index contributed by atoms with van der Waals surface area (Å²) in [6, 6.07) is 3.40. The molecular formula is C13H17N3O2S3. The highest BCUT2D eigenvalue weighted by atomic mass is 32.2. The second kappa shape index (κ2) is 7.24. The summed E-state index contributed by atoms with van der Waals surface area (Å²) in [5, 5.41) is 0. The number of carbonyl (C=O) groups is 1. The lowest BCUT2D eigenvalue weighted by Crippen LogP contribution is -2.49. The number of furan rings is 1. The Bertz CT molecular complexity index is 523. The summed E-state index contributed by atoms with van der Waals surface area (Å²) < 4.78 is 6.65. The molecule has 0 spiro atoms. The van der Waals surface area contributed by atoms with Gasteiger partial charge in [-0.25, -0.2) is 0 Å². The van der Waals surface area contributed by atoms with Crippen LogP contribution in [0, 0.1) is 0 Å². The third kappa shape index (κ3) is 4.18. The minimum atomic E-state index is -0.0676. The van der Waals surface area contributed by atoms with E-state index in [2.05, 4.69) is 4.90 Å². The van der Waals surface area contributed by atoms with Gasteiger partial charge in [-0.1, -0.05) is 24.4 Å². The Balaban J connectivity index is 1.84. The van der Waals surface area contributed by atoms with E-state index in [1.54, 1.807) is 17.0 Å². The Hall–Kier alpha value is -1.12. The molecule has 0 radical (unpaired) electrons. The van der Waals surface area contributed by atoms with Crippen LogP contribution in [0.15, 0.2) is 22.8 Å². The first kappa shape index (κ1) is 16.3. The summed E-state index contributed by atoms with van der Waals surface area (Å²) in [7, 11) is 3.80. The highest BCUT2D eigenvalue weighted by Gasteiger charge is 2.25. The van der Waals surface area contributed by atoms with E-state index in [1.165, 1.54) is 18.0 Å². The number of nitrogens with zero attached hydrogens (tertiary/aromatic N) is 3. The maximum atomic E-state index is 12.2. The molecular weight excluding hydrogens is 326 g/mol. The van der Waals surface area contributed by atoms with Crippen molar-refractivity contribution in [2.24, 2.45) is 0 Å². The van der Waals surface area contributed by atoms with Crippen LogP contribution in [0.25, 0.3) is 0 Å². The van der Waals surface area contributed by atoms with E-state index in [4.69, 9.17) is 28.9 Å². The molecule has 8 heteroatoms. The van der Waals surface area contributed by atoms with Crippen molar-refractivity contribution in [1.29, 1.82) is 0 Å². The molecule has 0 N–H and O–H groups in total. The molecule has 1 saturated heterocycles. The van der Waals surface area contributed by atoms with Crippen LogP contribution in [0.5, 0.6) is 0 Å². The summed E-state index contributed by atoms with van der Waals surface area (Å²) in [6.07, 6.45) is 1.51. The van der Waals surface area contributed by atoms with Crippen LogP contribution in [-0.4, -0.2) is 69.5 Å². The minimum Gasteiger partial charge on any atom is -0.459 e. The fourth-order valence-corrected chi connectivity index (χ4v) is 3.34. The molecule has 1 aliphatic heterocycles. The van der Waals surface area contributed by atoms with E-state index in [9.17, 15) is 4.79 Å². The second-order valence-corrected chi connectivity index (χ2v) is 7.05. The monoisotopic (exact) mass is 343 g/mol. The number of thiocarbonyl (C=S) groups is 2. The van der Waals surface area contributed by atoms with Crippen molar-refractivity contribution in [2.45, 2.75) is 0 Å². The molecule has 0 atom stereocenters. The molecule has 1 aromatic rings. The zero-order chi connectivity index (χ0) is 15.4. The Labute approximate surface area is 139 Å². The Morgan fingerprint density at radius 3 is 2.38 bits per heavy atom. The van der Waals surface area contributed by atoms with Gasteiger partial charge in [0, 0.05) is 40.3 Å². The predicted octanol–water partition coefficient (Wildman–Crippen LogP) is 1.90. The summed E-state index contributed by atoms with van der Waals surface area (Å²) in [4.78, 5) is 17.9. The van der Waals surface area contributed by atoms with Gasteiger partial charge in [-0.05, 0) is 23.9 Å². The van der Waals surface area contributed by atoms with Crippen molar-refractivity contribution < 1.29 is 9.21 Å². The number of rotatable bonds is 1. The lowest BCUT2D eigenvalue weighted by atomic mass is 10.3. The number of piperazine rings is 1. The lowest BCUT2D eigenvalue weighted by Gasteiger charge is -2.35. The van der Waals surface area contributed by atoms with E-state index in [0.29, 0.717) is 31.9 Å². The van der Waals surface area contributed by atoms with Crippen LogP contribution in [0.1, 0.15) is 10.6 Å². The SMILES string of the molecule is CN(C)C(=S)SC(=S)N1CCN(C(=O)c2ccco2)CC1. The highest BCUT2D eigenvalue weighted by molar-refractivity contribution is 8.37. The van der Waals surface area contributed by atoms with Gasteiger partial charge in [0.05, 0.1) is 6.26 Å². The molecule has 0 unspecified atom stereocenters. The standard InChI is InChI=1S/C13H17N3O2S3/c1-14(2)12(19)21-13(20)16-7-5-15(6-8-16)11(17)10-4-3-9-18-10/h3-4,9H,5-8H2,1-2H3. The number of thioether (sulfide) groups is 1. The first-order chi connectivity index (χ1) is 9.99. The maximum absolute atomic E-state index is 12.2. The smallest absolute Gasteiger partial charge is 0.289 e. The number of amides is 1. The Morgan fingerprint density at radius 1 is 1.24 bits per heavy atom. The first-order valence-electron chi connectivity index (χ1n) is 6.50. The minimum absolute atomic E-state index is 0.0676. The van der Waals surface area contributed by atoms with Crippen LogP contribution >= 0.6 is 36.2 Å². The van der Waals surface area contributed by atoms with Crippen molar-refractivity contribution in [3.05, 3.63) is 24.2 Å². The average molecular weight is 343 g/mol. The third-order valence-corrected chi connectivity index (χ3v) is 5.19. The maximum Gasteiger partial charge on any atom is 0.289 e. The highest BCUT2D eigenvalue weighted by Crippen LogP contribution is 2.16. The largest absolute Gasteiger partial charge is 0.459 e. The van der Waals surface area contributed by atoms with Crippen LogP contribution in [0.2, 0.25) is 0 Å². The van der Waals surface area contributed by atoms with Crippen molar-refractivity contribution in [3.63, 3.8) is 0 Å². The molecule has 1 aromatic heterocycles. The van der Waals surface area contributed by atoms with Crippen LogP contribution in [-0.2, 0) is 0 Å². The average Bonchev–Trinajstić information content (AvgIpc) is 3.00. The molecule has 0 aromatic carbocycles. The van der Waals surface area contributed by atoms with E-state index in [-0.39, 0.29) is 5.91 Å². The van der Waals surface area contributed by atoms with Gasteiger partial charge in [0.1, 0.15) is 8.64 Å². The molecule has 2 rings (SSSR count). The van der Waals surface area contributed by atoms with Gasteiger partial charge in [0.15, 0.2) is 5.76 Å². The zero-order valence-electron chi connectivity index (χ0n) is 11.9.